The average molecular weight is 297 g/mol. The Kier molecular flexibility index (Phi) is 3.85. The minimum Gasteiger partial charge on any atom is -0.383 e. The summed E-state index contributed by atoms with van der Waals surface area (Å²) in [6, 6.07) is 7.84. The Labute approximate surface area is 118 Å². The molecule has 2 rings (SSSR count). The van der Waals surface area contributed by atoms with Crippen molar-refractivity contribution in [2.75, 3.05) is 19.5 Å². The van der Waals surface area contributed by atoms with Crippen molar-refractivity contribution in [1.29, 1.82) is 5.26 Å². The fraction of sp³-hybridized carbons (Fsp3) is 0.500. The summed E-state index contributed by atoms with van der Waals surface area (Å²) >= 11 is 0. The molecule has 0 heterocycles. The van der Waals surface area contributed by atoms with Gasteiger partial charge in [-0.1, -0.05) is 19.1 Å². The Balaban J connectivity index is 2.48. The van der Waals surface area contributed by atoms with Crippen LogP contribution in [0.2, 0.25) is 0 Å². The van der Waals surface area contributed by atoms with Gasteiger partial charge in [0.1, 0.15) is 11.2 Å². The first kappa shape index (κ1) is 14.9. The smallest absolute Gasteiger partial charge is 0.155 e. The number of halogens is 1. The minimum absolute atomic E-state index is 0.0224. The number of nitriles is 1. The van der Waals surface area contributed by atoms with Crippen LogP contribution in [0.1, 0.15) is 18.4 Å². The predicted octanol–water partition coefficient (Wildman–Crippen LogP) is 1.88. The van der Waals surface area contributed by atoms with E-state index in [4.69, 9.17) is 4.74 Å². The van der Waals surface area contributed by atoms with Crippen LogP contribution >= 0.6 is 0 Å². The summed E-state index contributed by atoms with van der Waals surface area (Å²) < 4.78 is 42.7. The van der Waals surface area contributed by atoms with Crippen molar-refractivity contribution in [2.24, 2.45) is 5.41 Å². The molecule has 0 bridgehead atoms. The summed E-state index contributed by atoms with van der Waals surface area (Å²) in [6.45, 7) is 1.57. The van der Waals surface area contributed by atoms with Gasteiger partial charge in [-0.2, -0.15) is 5.26 Å². The lowest BCUT2D eigenvalue weighted by molar-refractivity contribution is 0.162. The van der Waals surface area contributed by atoms with Crippen LogP contribution in [0.4, 0.5) is 4.39 Å². The molecule has 0 aromatic heterocycles. The maximum absolute atomic E-state index is 13.3. The summed E-state index contributed by atoms with van der Waals surface area (Å²) in [7, 11) is -1.98. The van der Waals surface area contributed by atoms with E-state index in [1.807, 2.05) is 0 Å². The van der Waals surface area contributed by atoms with E-state index < -0.39 is 32.2 Å². The van der Waals surface area contributed by atoms with Gasteiger partial charge in [0.05, 0.1) is 17.9 Å². The van der Waals surface area contributed by atoms with Crippen molar-refractivity contribution < 1.29 is 17.5 Å². The molecule has 0 amide bonds. The van der Waals surface area contributed by atoms with Crippen molar-refractivity contribution in [2.45, 2.75) is 18.1 Å². The normalized spacial score (nSPS) is 28.9. The van der Waals surface area contributed by atoms with Gasteiger partial charge in [-0.25, -0.2) is 12.8 Å². The maximum atomic E-state index is 13.3. The summed E-state index contributed by atoms with van der Waals surface area (Å²) in [6.07, 6.45) is 0. The number of sulfone groups is 1. The van der Waals surface area contributed by atoms with Gasteiger partial charge in [0.2, 0.25) is 0 Å². The standard InChI is InChI=1S/C14H16FNO3S/c1-3-20(17,18)13-12(14(13,8-16)9-19-2)10-5-4-6-11(15)7-10/h4-7,12-13H,3,9H2,1-2H3/t12-,13+,14-/m0/s1. The van der Waals surface area contributed by atoms with E-state index in [1.54, 1.807) is 13.0 Å². The molecule has 6 heteroatoms. The third-order valence-corrected chi connectivity index (χ3v) is 6.12. The van der Waals surface area contributed by atoms with Crippen molar-refractivity contribution >= 4 is 9.84 Å². The fourth-order valence-electron chi connectivity index (χ4n) is 2.86. The number of rotatable bonds is 5. The molecule has 0 unspecified atom stereocenters. The van der Waals surface area contributed by atoms with E-state index in [2.05, 4.69) is 6.07 Å². The average Bonchev–Trinajstić information content (AvgIpc) is 3.09. The molecular weight excluding hydrogens is 281 g/mol. The first-order valence-electron chi connectivity index (χ1n) is 6.30. The maximum Gasteiger partial charge on any atom is 0.155 e. The van der Waals surface area contributed by atoms with Crippen LogP contribution in [-0.2, 0) is 14.6 Å². The molecule has 0 spiro atoms. The molecule has 1 aliphatic rings. The van der Waals surface area contributed by atoms with Crippen molar-refractivity contribution in [3.8, 4) is 6.07 Å². The number of benzene rings is 1. The molecule has 20 heavy (non-hydrogen) atoms. The Morgan fingerprint density at radius 1 is 1.50 bits per heavy atom. The highest BCUT2D eigenvalue weighted by Crippen LogP contribution is 2.62. The van der Waals surface area contributed by atoms with Crippen LogP contribution in [0.5, 0.6) is 0 Å². The molecule has 0 N–H and O–H groups in total. The summed E-state index contributed by atoms with van der Waals surface area (Å²) in [4.78, 5) is 0. The van der Waals surface area contributed by atoms with Gasteiger partial charge < -0.3 is 4.74 Å². The predicted molar refractivity (Wildman–Crippen MR) is 72.3 cm³/mol. The van der Waals surface area contributed by atoms with Gasteiger partial charge in [0.15, 0.2) is 9.84 Å². The Morgan fingerprint density at radius 3 is 2.70 bits per heavy atom. The minimum atomic E-state index is -3.40. The topological polar surface area (TPSA) is 67.2 Å². The van der Waals surface area contributed by atoms with Gasteiger partial charge in [-0.15, -0.1) is 0 Å². The second kappa shape index (κ2) is 5.15. The van der Waals surface area contributed by atoms with E-state index in [0.29, 0.717) is 5.56 Å². The lowest BCUT2D eigenvalue weighted by atomic mass is 10.0. The molecule has 0 aliphatic heterocycles. The van der Waals surface area contributed by atoms with E-state index in [9.17, 15) is 18.1 Å². The second-order valence-electron chi connectivity index (χ2n) is 4.99. The van der Waals surface area contributed by atoms with Crippen LogP contribution in [0.25, 0.3) is 0 Å². The summed E-state index contributed by atoms with van der Waals surface area (Å²) in [5, 5.41) is 8.60. The van der Waals surface area contributed by atoms with Crippen LogP contribution in [-0.4, -0.2) is 33.1 Å². The molecule has 1 fully saturated rings. The molecule has 3 atom stereocenters. The number of hydrogen-bond donors (Lipinski definition) is 0. The SMILES string of the molecule is CCS(=O)(=O)[C@@H]1[C@H](c2cccc(F)c2)[C@]1(C#N)COC. The highest BCUT2D eigenvalue weighted by molar-refractivity contribution is 7.92. The van der Waals surface area contributed by atoms with Crippen molar-refractivity contribution in [3.63, 3.8) is 0 Å². The lowest BCUT2D eigenvalue weighted by Crippen LogP contribution is -2.20. The molecule has 0 radical (unpaired) electrons. The van der Waals surface area contributed by atoms with E-state index in [-0.39, 0.29) is 12.4 Å². The molecular formula is C14H16FNO3S. The monoisotopic (exact) mass is 297 g/mol. The first-order chi connectivity index (χ1) is 9.43. The van der Waals surface area contributed by atoms with Crippen LogP contribution in [0.3, 0.4) is 0 Å². The van der Waals surface area contributed by atoms with Gasteiger partial charge >= 0.3 is 0 Å². The summed E-state index contributed by atoms with van der Waals surface area (Å²) in [5.74, 6) is -1.02. The first-order valence-corrected chi connectivity index (χ1v) is 8.01. The number of methoxy groups -OCH3 is 1. The van der Waals surface area contributed by atoms with E-state index in [1.165, 1.54) is 25.3 Å². The Morgan fingerprint density at radius 2 is 2.20 bits per heavy atom. The molecule has 1 aromatic rings. The summed E-state index contributed by atoms with van der Waals surface area (Å²) in [5.41, 5.74) is -0.581. The zero-order chi connectivity index (χ0) is 15.0. The van der Waals surface area contributed by atoms with Crippen molar-refractivity contribution in [3.05, 3.63) is 35.6 Å². The zero-order valence-electron chi connectivity index (χ0n) is 11.3. The van der Waals surface area contributed by atoms with Crippen LogP contribution in [0, 0.1) is 22.6 Å². The zero-order valence-corrected chi connectivity index (χ0v) is 12.2. The lowest BCUT2D eigenvalue weighted by Gasteiger charge is -2.07. The highest BCUT2D eigenvalue weighted by Gasteiger charge is 2.71. The molecule has 4 nitrogen and oxygen atoms in total. The Bertz CT molecular complexity index is 653. The van der Waals surface area contributed by atoms with E-state index in [0.717, 1.165) is 0 Å². The number of hydrogen-bond acceptors (Lipinski definition) is 4. The quantitative estimate of drug-likeness (QED) is 0.832. The third-order valence-electron chi connectivity index (χ3n) is 3.84. The highest BCUT2D eigenvalue weighted by atomic mass is 32.2. The largest absolute Gasteiger partial charge is 0.383 e. The van der Waals surface area contributed by atoms with Gasteiger partial charge in [-0.3, -0.25) is 0 Å². The van der Waals surface area contributed by atoms with Gasteiger partial charge in [0.25, 0.3) is 0 Å². The van der Waals surface area contributed by atoms with Crippen LogP contribution < -0.4 is 0 Å². The molecule has 0 saturated heterocycles. The fourth-order valence-corrected chi connectivity index (χ4v) is 4.86. The van der Waals surface area contributed by atoms with Crippen molar-refractivity contribution in [1.82, 2.24) is 0 Å². The molecule has 108 valence electrons. The third kappa shape index (κ3) is 2.21. The number of ether oxygens (including phenoxy) is 1. The number of nitrogens with zero attached hydrogens (tertiary/aromatic N) is 1. The van der Waals surface area contributed by atoms with Gasteiger partial charge in [-0.05, 0) is 17.7 Å². The molecule has 1 aliphatic carbocycles. The van der Waals surface area contributed by atoms with Crippen LogP contribution in [0.15, 0.2) is 24.3 Å². The Hall–Kier alpha value is -1.45. The van der Waals surface area contributed by atoms with Gasteiger partial charge in [0, 0.05) is 18.8 Å². The second-order valence-corrected chi connectivity index (χ2v) is 7.40. The molecule has 1 aromatic carbocycles. The van der Waals surface area contributed by atoms with E-state index >= 15 is 0 Å². The molecule has 1 saturated carbocycles.